The molecule has 0 rings (SSSR count). The number of hydrogen-bond acceptors (Lipinski definition) is 1. The van der Waals surface area contributed by atoms with Crippen molar-refractivity contribution in [2.75, 3.05) is 13.2 Å². The standard InChI is InChI=1S/C7H13NO.Pt/c1-7(2)9-6-4-5-8-3;/h7H,4-6H2,1-2H3;. The molecule has 0 atom stereocenters. The first-order valence-corrected chi connectivity index (χ1v) is 3.22. The van der Waals surface area contributed by atoms with Crippen LogP contribution in [0.1, 0.15) is 20.3 Å². The smallest absolute Gasteiger partial charge is 0.216 e. The van der Waals surface area contributed by atoms with Crippen molar-refractivity contribution in [2.24, 2.45) is 0 Å². The molecule has 0 saturated heterocycles. The van der Waals surface area contributed by atoms with Gasteiger partial charge in [-0.1, -0.05) is 0 Å². The summed E-state index contributed by atoms with van der Waals surface area (Å²) in [4.78, 5) is 3.20. The molecule has 0 aliphatic heterocycles. The van der Waals surface area contributed by atoms with Gasteiger partial charge in [0.25, 0.3) is 0 Å². The van der Waals surface area contributed by atoms with E-state index in [1.165, 1.54) is 0 Å². The van der Waals surface area contributed by atoms with Gasteiger partial charge in [0, 0.05) is 27.5 Å². The SMILES string of the molecule is [C-]#[N+]CCCOC(C)C.[Pt]. The fourth-order valence-corrected chi connectivity index (χ4v) is 0.463. The number of ether oxygens (including phenoxy) is 1. The minimum Gasteiger partial charge on any atom is -0.379 e. The maximum absolute atomic E-state index is 6.46. The average Bonchev–Trinajstić information content (AvgIpc) is 1.80. The molecular formula is C7H13NOPt. The molecule has 3 heteroatoms. The molecule has 0 aromatic carbocycles. The summed E-state index contributed by atoms with van der Waals surface area (Å²) < 4.78 is 5.20. The van der Waals surface area contributed by atoms with Crippen LogP contribution >= 0.6 is 0 Å². The molecule has 0 aromatic rings. The summed E-state index contributed by atoms with van der Waals surface area (Å²) in [5, 5.41) is 0. The van der Waals surface area contributed by atoms with E-state index >= 15 is 0 Å². The minimum atomic E-state index is 0. The zero-order chi connectivity index (χ0) is 7.11. The van der Waals surface area contributed by atoms with Gasteiger partial charge in [-0.3, -0.25) is 0 Å². The first-order chi connectivity index (χ1) is 4.27. The third-order valence-electron chi connectivity index (χ3n) is 0.865. The van der Waals surface area contributed by atoms with Crippen LogP contribution in [-0.2, 0) is 25.8 Å². The van der Waals surface area contributed by atoms with Crippen molar-refractivity contribution < 1.29 is 25.8 Å². The summed E-state index contributed by atoms with van der Waals surface area (Å²) in [5.74, 6) is 0. The second-order valence-electron chi connectivity index (χ2n) is 2.15. The molecule has 0 aliphatic rings. The first kappa shape index (κ1) is 12.8. The zero-order valence-electron chi connectivity index (χ0n) is 6.37. The van der Waals surface area contributed by atoms with Gasteiger partial charge >= 0.3 is 0 Å². The Morgan fingerprint density at radius 3 is 2.50 bits per heavy atom. The van der Waals surface area contributed by atoms with Crippen molar-refractivity contribution >= 4 is 0 Å². The monoisotopic (exact) mass is 322 g/mol. The van der Waals surface area contributed by atoms with Crippen LogP contribution in [0.2, 0.25) is 0 Å². The van der Waals surface area contributed by atoms with E-state index in [1.54, 1.807) is 0 Å². The topological polar surface area (TPSA) is 13.6 Å². The molecule has 0 radical (unpaired) electrons. The van der Waals surface area contributed by atoms with E-state index in [4.69, 9.17) is 11.3 Å². The summed E-state index contributed by atoms with van der Waals surface area (Å²) in [6, 6.07) is 0. The van der Waals surface area contributed by atoms with Gasteiger partial charge in [-0.25, -0.2) is 6.57 Å². The largest absolute Gasteiger partial charge is 0.379 e. The molecule has 0 fully saturated rings. The van der Waals surface area contributed by atoms with Gasteiger partial charge in [0.05, 0.1) is 12.7 Å². The zero-order valence-corrected chi connectivity index (χ0v) is 8.64. The van der Waals surface area contributed by atoms with Crippen LogP contribution in [0.4, 0.5) is 0 Å². The van der Waals surface area contributed by atoms with Crippen LogP contribution in [0.15, 0.2) is 0 Å². The molecule has 10 heavy (non-hydrogen) atoms. The van der Waals surface area contributed by atoms with Crippen LogP contribution < -0.4 is 0 Å². The van der Waals surface area contributed by atoms with Gasteiger partial charge in [0.1, 0.15) is 0 Å². The molecule has 0 spiro atoms. The predicted molar refractivity (Wildman–Crippen MR) is 37.2 cm³/mol. The summed E-state index contributed by atoms with van der Waals surface area (Å²) in [6.07, 6.45) is 1.16. The van der Waals surface area contributed by atoms with Crippen LogP contribution in [0.25, 0.3) is 4.85 Å². The maximum Gasteiger partial charge on any atom is 0.216 e. The normalized spacial score (nSPS) is 8.60. The summed E-state index contributed by atoms with van der Waals surface area (Å²) >= 11 is 0. The second kappa shape index (κ2) is 9.14. The maximum atomic E-state index is 6.46. The number of hydrogen-bond donors (Lipinski definition) is 0. The number of rotatable bonds is 4. The van der Waals surface area contributed by atoms with Crippen molar-refractivity contribution in [3.63, 3.8) is 0 Å². The average molecular weight is 322 g/mol. The van der Waals surface area contributed by atoms with Crippen LogP contribution in [0.5, 0.6) is 0 Å². The van der Waals surface area contributed by atoms with E-state index in [9.17, 15) is 0 Å². The van der Waals surface area contributed by atoms with Gasteiger partial charge in [-0.05, 0) is 13.8 Å². The third kappa shape index (κ3) is 11.0. The Hall–Kier alpha value is 0.138. The van der Waals surface area contributed by atoms with Gasteiger partial charge in [0.15, 0.2) is 0 Å². The molecule has 0 amide bonds. The van der Waals surface area contributed by atoms with Crippen LogP contribution in [-0.4, -0.2) is 19.3 Å². The Morgan fingerprint density at radius 2 is 2.10 bits per heavy atom. The molecule has 0 unspecified atom stereocenters. The van der Waals surface area contributed by atoms with Crippen molar-refractivity contribution in [1.82, 2.24) is 0 Å². The molecule has 0 aliphatic carbocycles. The van der Waals surface area contributed by atoms with Gasteiger partial charge in [-0.15, -0.1) is 0 Å². The molecule has 0 saturated carbocycles. The molecule has 0 aromatic heterocycles. The van der Waals surface area contributed by atoms with Crippen molar-refractivity contribution in [3.8, 4) is 0 Å². The van der Waals surface area contributed by atoms with E-state index in [0.717, 1.165) is 13.0 Å². The van der Waals surface area contributed by atoms with Crippen molar-refractivity contribution in [1.29, 1.82) is 0 Å². The van der Waals surface area contributed by atoms with Crippen LogP contribution in [0.3, 0.4) is 0 Å². The molecule has 0 N–H and O–H groups in total. The Bertz CT molecular complexity index is 98.3. The Morgan fingerprint density at radius 1 is 1.50 bits per heavy atom. The van der Waals surface area contributed by atoms with Gasteiger partial charge < -0.3 is 9.58 Å². The quantitative estimate of drug-likeness (QED) is 0.568. The molecule has 0 bridgehead atoms. The van der Waals surface area contributed by atoms with Crippen LogP contribution in [0, 0.1) is 6.57 Å². The van der Waals surface area contributed by atoms with E-state index < -0.39 is 0 Å². The fraction of sp³-hybridized carbons (Fsp3) is 0.857. The first-order valence-electron chi connectivity index (χ1n) is 3.22. The summed E-state index contributed by atoms with van der Waals surface area (Å²) in [7, 11) is 0. The minimum absolute atomic E-state index is 0. The second-order valence-corrected chi connectivity index (χ2v) is 2.15. The van der Waals surface area contributed by atoms with E-state index in [-0.39, 0.29) is 21.1 Å². The molecule has 2 nitrogen and oxygen atoms in total. The Kier molecular flexibility index (Phi) is 11.7. The van der Waals surface area contributed by atoms with E-state index in [0.29, 0.717) is 12.6 Å². The molecule has 0 heterocycles. The van der Waals surface area contributed by atoms with E-state index in [2.05, 4.69) is 4.85 Å². The van der Waals surface area contributed by atoms with Gasteiger partial charge in [-0.2, -0.15) is 0 Å². The summed E-state index contributed by atoms with van der Waals surface area (Å²) in [5.41, 5.74) is 0. The predicted octanol–water partition coefficient (Wildman–Crippen LogP) is 1.72. The fourth-order valence-electron chi connectivity index (χ4n) is 0.463. The Labute approximate surface area is 77.0 Å². The number of nitrogens with zero attached hydrogens (tertiary/aromatic N) is 1. The summed E-state index contributed by atoms with van der Waals surface area (Å²) in [6.45, 7) is 11.8. The molecular weight excluding hydrogens is 309 g/mol. The van der Waals surface area contributed by atoms with Crippen molar-refractivity contribution in [2.45, 2.75) is 26.4 Å². The van der Waals surface area contributed by atoms with Gasteiger partial charge in [0.2, 0.25) is 6.54 Å². The third-order valence-corrected chi connectivity index (χ3v) is 0.865. The van der Waals surface area contributed by atoms with Crippen molar-refractivity contribution in [3.05, 3.63) is 11.4 Å². The molecule has 62 valence electrons. The van der Waals surface area contributed by atoms with E-state index in [1.807, 2.05) is 13.8 Å². The Balaban J connectivity index is 0.